The number of aliphatic hydroxyl groups is 3. The number of benzene rings is 2. The highest BCUT2D eigenvalue weighted by molar-refractivity contribution is 6.24. The number of carbonyl (C=O) groups is 5. The maximum absolute atomic E-state index is 14.0. The van der Waals surface area contributed by atoms with Gasteiger partial charge in [0.1, 0.15) is 22.8 Å². The van der Waals surface area contributed by atoms with Crippen LogP contribution in [0.4, 0.5) is 0 Å². The molecular weight excluding hydrogens is 546 g/mol. The molecule has 1 saturated carbocycles. The van der Waals surface area contributed by atoms with E-state index in [1.807, 2.05) is 0 Å². The number of amides is 3. The summed E-state index contributed by atoms with van der Waals surface area (Å²) in [5.74, 6) is -8.47. The van der Waals surface area contributed by atoms with Gasteiger partial charge in [-0.1, -0.05) is 24.3 Å². The third-order valence-electron chi connectivity index (χ3n) is 8.88. The van der Waals surface area contributed by atoms with E-state index in [1.165, 1.54) is 37.2 Å². The molecule has 6 rings (SSSR count). The van der Waals surface area contributed by atoms with E-state index in [-0.39, 0.29) is 47.2 Å². The first-order valence-electron chi connectivity index (χ1n) is 13.2. The molecule has 3 amide bonds. The lowest BCUT2D eigenvalue weighted by Crippen LogP contribution is -2.65. The molecule has 0 saturated heterocycles. The molecule has 4 aliphatic rings. The second-order valence-electron chi connectivity index (χ2n) is 11.3. The van der Waals surface area contributed by atoms with Crippen molar-refractivity contribution >= 4 is 35.0 Å². The summed E-state index contributed by atoms with van der Waals surface area (Å²) in [4.78, 5) is 67.4. The van der Waals surface area contributed by atoms with E-state index >= 15 is 0 Å². The number of hydrogen-bond donors (Lipinski definition) is 5. The fourth-order valence-electron chi connectivity index (χ4n) is 6.94. The van der Waals surface area contributed by atoms with Gasteiger partial charge in [0.25, 0.3) is 17.7 Å². The molecule has 0 bridgehead atoms. The lowest BCUT2D eigenvalue weighted by atomic mass is 9.57. The number of likely N-dealkylation sites (N-methyl/N-ethyl adjacent to an activating group) is 1. The minimum Gasteiger partial charge on any atom is -0.508 e. The van der Waals surface area contributed by atoms with Crippen molar-refractivity contribution in [1.29, 1.82) is 0 Å². The third kappa shape index (κ3) is 3.45. The smallest absolute Gasteiger partial charge is 0.261 e. The molecule has 0 radical (unpaired) electrons. The van der Waals surface area contributed by atoms with Crippen molar-refractivity contribution in [2.45, 2.75) is 31.0 Å². The molecule has 216 valence electrons. The van der Waals surface area contributed by atoms with Gasteiger partial charge in [0.05, 0.1) is 29.3 Å². The Labute approximate surface area is 238 Å². The molecule has 2 aromatic carbocycles. The molecule has 1 fully saturated rings. The average molecular weight is 574 g/mol. The van der Waals surface area contributed by atoms with E-state index in [2.05, 4.69) is 0 Å². The Balaban J connectivity index is 1.44. The molecule has 4 atom stereocenters. The summed E-state index contributed by atoms with van der Waals surface area (Å²) in [5, 5.41) is 45.3. The summed E-state index contributed by atoms with van der Waals surface area (Å²) in [6, 6.07) is 8.28. The standard InChI is InChI=1S/C30H27N3O9/c1-32(2)21-17-10-14-9-12-7-8-13(11-33-28(40)15-5-3-4-6-16(15)29(33)41)22(34)18(12)23(35)19(14)25(37)30(17,42)26(38)20(24(21)36)27(31)39/h3-8,14,17,21,34-35,38,42H,9-11H2,1-2H3,(H2,31,39). The topological polar surface area (TPSA) is 199 Å². The number of aliphatic hydroxyl groups excluding tert-OH is 2. The zero-order valence-corrected chi connectivity index (χ0v) is 22.6. The van der Waals surface area contributed by atoms with Crippen LogP contribution in [0.3, 0.4) is 0 Å². The first-order valence-corrected chi connectivity index (χ1v) is 13.2. The van der Waals surface area contributed by atoms with Crippen molar-refractivity contribution in [3.05, 3.63) is 81.1 Å². The van der Waals surface area contributed by atoms with Crippen LogP contribution in [0.2, 0.25) is 0 Å². The highest BCUT2D eigenvalue weighted by Crippen LogP contribution is 2.53. The van der Waals surface area contributed by atoms with Gasteiger partial charge in [0.2, 0.25) is 5.78 Å². The molecule has 1 aliphatic heterocycles. The van der Waals surface area contributed by atoms with Crippen LogP contribution in [-0.4, -0.2) is 85.3 Å². The predicted octanol–water partition coefficient (Wildman–Crippen LogP) is 0.760. The number of fused-ring (bicyclic) bond motifs is 4. The summed E-state index contributed by atoms with van der Waals surface area (Å²) in [6.07, 6.45) is 0.110. The second kappa shape index (κ2) is 9.10. The summed E-state index contributed by atoms with van der Waals surface area (Å²) in [6.45, 7) is -0.310. The van der Waals surface area contributed by atoms with E-state index < -0.39 is 75.6 Å². The highest BCUT2D eigenvalue weighted by Gasteiger charge is 2.64. The van der Waals surface area contributed by atoms with Gasteiger partial charge in [-0.15, -0.1) is 0 Å². The van der Waals surface area contributed by atoms with Crippen LogP contribution in [0.25, 0.3) is 5.76 Å². The van der Waals surface area contributed by atoms with E-state index in [1.54, 1.807) is 18.2 Å². The van der Waals surface area contributed by atoms with Gasteiger partial charge in [0, 0.05) is 17.1 Å². The molecule has 42 heavy (non-hydrogen) atoms. The number of hydrogen-bond acceptors (Lipinski definition) is 10. The van der Waals surface area contributed by atoms with E-state index in [4.69, 9.17) is 5.73 Å². The van der Waals surface area contributed by atoms with Crippen LogP contribution in [0, 0.1) is 11.8 Å². The summed E-state index contributed by atoms with van der Waals surface area (Å²) >= 11 is 0. The lowest BCUT2D eigenvalue weighted by Gasteiger charge is -2.50. The van der Waals surface area contributed by atoms with Crippen molar-refractivity contribution in [1.82, 2.24) is 9.80 Å². The molecule has 12 nitrogen and oxygen atoms in total. The minimum atomic E-state index is -2.74. The van der Waals surface area contributed by atoms with Crippen molar-refractivity contribution in [3.8, 4) is 5.75 Å². The number of phenols is 1. The van der Waals surface area contributed by atoms with Crippen molar-refractivity contribution < 1.29 is 44.4 Å². The number of phenolic OH excluding ortho intramolecular Hbond substituents is 1. The molecular formula is C30H27N3O9. The molecule has 0 aromatic heterocycles. The zero-order valence-electron chi connectivity index (χ0n) is 22.6. The van der Waals surface area contributed by atoms with Gasteiger partial charge >= 0.3 is 0 Å². The maximum atomic E-state index is 14.0. The van der Waals surface area contributed by atoms with Gasteiger partial charge in [-0.05, 0) is 50.6 Å². The van der Waals surface area contributed by atoms with Crippen LogP contribution >= 0.6 is 0 Å². The van der Waals surface area contributed by atoms with Crippen LogP contribution < -0.4 is 5.73 Å². The van der Waals surface area contributed by atoms with Crippen LogP contribution in [-0.2, 0) is 27.3 Å². The number of ketones is 2. The minimum absolute atomic E-state index is 0.0245. The summed E-state index contributed by atoms with van der Waals surface area (Å²) in [7, 11) is 3.06. The Morgan fingerprint density at radius 2 is 1.64 bits per heavy atom. The largest absolute Gasteiger partial charge is 0.508 e. The van der Waals surface area contributed by atoms with Crippen molar-refractivity contribution in [3.63, 3.8) is 0 Å². The normalized spacial score (nSPS) is 26.9. The Morgan fingerprint density at radius 1 is 1.02 bits per heavy atom. The number of nitrogens with two attached hydrogens (primary N) is 1. The zero-order chi connectivity index (χ0) is 30.4. The van der Waals surface area contributed by atoms with Gasteiger partial charge in [-0.3, -0.25) is 33.8 Å². The van der Waals surface area contributed by atoms with Crippen LogP contribution in [0.15, 0.2) is 53.3 Å². The number of Topliss-reactive ketones (excluding diaryl/α,β-unsaturated/α-hetero) is 2. The average Bonchev–Trinajstić information content (AvgIpc) is 3.16. The molecule has 12 heteroatoms. The van der Waals surface area contributed by atoms with Gasteiger partial charge in [-0.2, -0.15) is 0 Å². The van der Waals surface area contributed by atoms with Gasteiger partial charge in [-0.25, -0.2) is 0 Å². The Hall–Kier alpha value is -4.81. The Bertz CT molecular complexity index is 1690. The summed E-state index contributed by atoms with van der Waals surface area (Å²) < 4.78 is 0. The Morgan fingerprint density at radius 3 is 2.21 bits per heavy atom. The fraction of sp³-hybridized carbons (Fsp3) is 0.300. The fourth-order valence-corrected chi connectivity index (χ4v) is 6.94. The molecule has 6 N–H and O–H groups in total. The number of imide groups is 1. The molecule has 3 aliphatic carbocycles. The van der Waals surface area contributed by atoms with E-state index in [0.717, 1.165) is 4.90 Å². The lowest BCUT2D eigenvalue weighted by molar-refractivity contribution is -0.153. The van der Waals surface area contributed by atoms with Crippen molar-refractivity contribution in [2.24, 2.45) is 17.6 Å². The molecule has 2 aromatic rings. The maximum Gasteiger partial charge on any atom is 0.261 e. The highest BCUT2D eigenvalue weighted by atomic mass is 16.3. The van der Waals surface area contributed by atoms with E-state index in [0.29, 0.717) is 5.56 Å². The first-order chi connectivity index (χ1) is 19.8. The van der Waals surface area contributed by atoms with Crippen LogP contribution in [0.5, 0.6) is 5.75 Å². The van der Waals surface area contributed by atoms with Gasteiger partial charge in [0.15, 0.2) is 11.4 Å². The number of carbonyl (C=O) groups excluding carboxylic acids is 5. The monoisotopic (exact) mass is 573 g/mol. The number of rotatable bonds is 4. The third-order valence-corrected chi connectivity index (χ3v) is 8.88. The number of nitrogens with zero attached hydrogens (tertiary/aromatic N) is 2. The van der Waals surface area contributed by atoms with Crippen molar-refractivity contribution in [2.75, 3.05) is 14.1 Å². The number of primary amides is 1. The van der Waals surface area contributed by atoms with Crippen LogP contribution in [0.1, 0.15) is 43.8 Å². The SMILES string of the molecule is CN(C)C1C(=O)C(C(N)=O)=C(O)C2(O)C(=O)C3=C(O)c4c(ccc(CN5C(=O)c6ccccc6C5=O)c4O)CC3CC12. The number of aromatic hydroxyl groups is 1. The van der Waals surface area contributed by atoms with Gasteiger partial charge < -0.3 is 26.2 Å². The quantitative estimate of drug-likeness (QED) is 0.257. The molecule has 0 spiro atoms. The molecule has 1 heterocycles. The Kier molecular flexibility index (Phi) is 5.93. The predicted molar refractivity (Wildman–Crippen MR) is 145 cm³/mol. The summed E-state index contributed by atoms with van der Waals surface area (Å²) in [5.41, 5.74) is 2.38. The molecule has 4 unspecified atom stereocenters. The first kappa shape index (κ1) is 27.4. The second-order valence-corrected chi connectivity index (χ2v) is 11.3. The van der Waals surface area contributed by atoms with E-state index in [9.17, 15) is 44.4 Å².